The third kappa shape index (κ3) is 4.22. The average Bonchev–Trinajstić information content (AvgIpc) is 2.91. The van der Waals surface area contributed by atoms with Crippen LogP contribution in [-0.2, 0) is 0 Å². The van der Waals surface area contributed by atoms with Crippen LogP contribution < -0.4 is 21.2 Å². The predicted octanol–water partition coefficient (Wildman–Crippen LogP) is 4.83. The summed E-state index contributed by atoms with van der Waals surface area (Å²) in [5.41, 5.74) is 0.500. The van der Waals surface area contributed by atoms with Crippen molar-refractivity contribution in [2.75, 3.05) is 5.32 Å². The summed E-state index contributed by atoms with van der Waals surface area (Å²) in [6, 6.07) is 14.7. The van der Waals surface area contributed by atoms with Crippen molar-refractivity contribution in [3.63, 3.8) is 0 Å². The van der Waals surface area contributed by atoms with E-state index in [-0.39, 0.29) is 39.4 Å². The van der Waals surface area contributed by atoms with E-state index >= 15 is 4.39 Å². The molecule has 11 heteroatoms. The lowest BCUT2D eigenvalue weighted by Gasteiger charge is -2.13. The van der Waals surface area contributed by atoms with Crippen molar-refractivity contribution in [3.8, 4) is 17.2 Å². The number of rotatable bonds is 5. The van der Waals surface area contributed by atoms with Crippen LogP contribution in [0.25, 0.3) is 27.6 Å². The van der Waals surface area contributed by atoms with Crippen molar-refractivity contribution < 1.29 is 13.5 Å². The van der Waals surface area contributed by atoms with Crippen LogP contribution in [0.2, 0.25) is 0 Å². The topological polar surface area (TPSA) is 115 Å². The van der Waals surface area contributed by atoms with Gasteiger partial charge in [-0.1, -0.05) is 0 Å². The van der Waals surface area contributed by atoms with E-state index in [0.717, 1.165) is 6.20 Å². The van der Waals surface area contributed by atoms with Gasteiger partial charge in [0, 0.05) is 42.1 Å². The summed E-state index contributed by atoms with van der Waals surface area (Å²) in [5.74, 6) is -0.744. The lowest BCUT2D eigenvalue weighted by molar-refractivity contribution is 0.445. The molecule has 2 aromatic carbocycles. The standard InChI is InChI=1S/C27H16F2N6O3/c28-16-1-4-18(5-2-16)35-12-9-15-7-10-30-25(23(15)27(35)37)33-17-3-6-20(19(29)13-17)38-21-8-11-31-26-24(21)32-14-22(36)34-26/h1-14H,(H,30,33)(H,31,34,36). The number of benzene rings is 2. The van der Waals surface area contributed by atoms with E-state index < -0.39 is 17.2 Å². The van der Waals surface area contributed by atoms with Crippen LogP contribution in [0.4, 0.5) is 20.3 Å². The van der Waals surface area contributed by atoms with Crippen molar-refractivity contribution in [3.05, 3.63) is 118 Å². The normalized spacial score (nSPS) is 11.1. The van der Waals surface area contributed by atoms with Crippen LogP contribution in [0, 0.1) is 11.6 Å². The first-order chi connectivity index (χ1) is 18.5. The second-order valence-corrected chi connectivity index (χ2v) is 8.22. The fourth-order valence-corrected chi connectivity index (χ4v) is 4.01. The van der Waals surface area contributed by atoms with Crippen LogP contribution in [0.5, 0.6) is 11.5 Å². The van der Waals surface area contributed by atoms with Crippen molar-refractivity contribution in [2.24, 2.45) is 0 Å². The zero-order chi connectivity index (χ0) is 26.2. The minimum absolute atomic E-state index is 0.0828. The van der Waals surface area contributed by atoms with E-state index in [1.165, 1.54) is 59.4 Å². The average molecular weight is 510 g/mol. The molecule has 38 heavy (non-hydrogen) atoms. The molecule has 6 rings (SSSR count). The lowest BCUT2D eigenvalue weighted by atomic mass is 10.2. The third-order valence-electron chi connectivity index (χ3n) is 5.78. The van der Waals surface area contributed by atoms with Crippen LogP contribution in [-0.4, -0.2) is 24.5 Å². The number of nitrogens with zero attached hydrogens (tertiary/aromatic N) is 4. The molecule has 0 unspecified atom stereocenters. The molecule has 0 atom stereocenters. The Hall–Kier alpha value is -5.45. The second-order valence-electron chi connectivity index (χ2n) is 8.22. The maximum absolute atomic E-state index is 15.0. The quantitative estimate of drug-likeness (QED) is 0.341. The Morgan fingerprint density at radius 1 is 0.868 bits per heavy atom. The monoisotopic (exact) mass is 510 g/mol. The molecular weight excluding hydrogens is 494 g/mol. The van der Waals surface area contributed by atoms with Gasteiger partial charge in [0.1, 0.15) is 17.2 Å². The molecule has 0 spiro atoms. The fourth-order valence-electron chi connectivity index (χ4n) is 4.01. The van der Waals surface area contributed by atoms with Crippen molar-refractivity contribution in [1.82, 2.24) is 24.5 Å². The Labute approximate surface area is 212 Å². The van der Waals surface area contributed by atoms with E-state index in [0.29, 0.717) is 16.8 Å². The van der Waals surface area contributed by atoms with E-state index in [9.17, 15) is 14.0 Å². The number of anilines is 2. The van der Waals surface area contributed by atoms with Crippen LogP contribution in [0.1, 0.15) is 0 Å². The Morgan fingerprint density at radius 2 is 1.68 bits per heavy atom. The molecule has 2 N–H and O–H groups in total. The van der Waals surface area contributed by atoms with E-state index in [1.54, 1.807) is 24.4 Å². The Balaban J connectivity index is 1.33. The minimum atomic E-state index is -0.687. The summed E-state index contributed by atoms with van der Waals surface area (Å²) in [4.78, 5) is 39.7. The van der Waals surface area contributed by atoms with Crippen molar-refractivity contribution in [2.45, 2.75) is 0 Å². The molecule has 0 radical (unpaired) electrons. The van der Waals surface area contributed by atoms with E-state index in [1.807, 2.05) is 0 Å². The van der Waals surface area contributed by atoms with Gasteiger partial charge in [0.05, 0.1) is 11.6 Å². The number of aromatic nitrogens is 5. The Bertz CT molecular complexity index is 1950. The molecule has 0 fully saturated rings. The molecule has 0 amide bonds. The number of fused-ring (bicyclic) bond motifs is 2. The van der Waals surface area contributed by atoms with Crippen LogP contribution in [0.3, 0.4) is 0 Å². The summed E-state index contributed by atoms with van der Waals surface area (Å²) >= 11 is 0. The predicted molar refractivity (Wildman–Crippen MR) is 137 cm³/mol. The van der Waals surface area contributed by atoms with Gasteiger partial charge in [-0.05, 0) is 53.9 Å². The Kier molecular flexibility index (Phi) is 5.57. The third-order valence-corrected chi connectivity index (χ3v) is 5.78. The first-order valence-corrected chi connectivity index (χ1v) is 11.3. The molecule has 4 heterocycles. The highest BCUT2D eigenvalue weighted by atomic mass is 19.1. The minimum Gasteiger partial charge on any atom is -0.452 e. The highest BCUT2D eigenvalue weighted by Gasteiger charge is 2.14. The molecule has 0 aliphatic heterocycles. The molecule has 0 aliphatic carbocycles. The number of nitrogens with one attached hydrogen (secondary N) is 2. The van der Waals surface area contributed by atoms with Gasteiger partial charge in [0.25, 0.3) is 11.1 Å². The number of aromatic amines is 1. The Morgan fingerprint density at radius 3 is 2.50 bits per heavy atom. The maximum Gasteiger partial charge on any atom is 0.268 e. The van der Waals surface area contributed by atoms with Gasteiger partial charge < -0.3 is 15.0 Å². The van der Waals surface area contributed by atoms with Gasteiger partial charge in [0.2, 0.25) is 0 Å². The first kappa shape index (κ1) is 23.0. The zero-order valence-corrected chi connectivity index (χ0v) is 19.4. The molecular formula is C27H16F2N6O3. The molecule has 0 bridgehead atoms. The smallest absolute Gasteiger partial charge is 0.268 e. The maximum atomic E-state index is 15.0. The van der Waals surface area contributed by atoms with Gasteiger partial charge in [-0.25, -0.2) is 23.7 Å². The molecule has 186 valence electrons. The summed E-state index contributed by atoms with van der Waals surface area (Å²) in [6.45, 7) is 0. The van der Waals surface area contributed by atoms with Crippen LogP contribution in [0.15, 0.2) is 95.0 Å². The van der Waals surface area contributed by atoms with Gasteiger partial charge in [-0.2, -0.15) is 0 Å². The van der Waals surface area contributed by atoms with Gasteiger partial charge in [-0.3, -0.25) is 14.2 Å². The number of hydrogen-bond donors (Lipinski definition) is 2. The zero-order valence-electron chi connectivity index (χ0n) is 19.4. The van der Waals surface area contributed by atoms with Crippen molar-refractivity contribution in [1.29, 1.82) is 0 Å². The van der Waals surface area contributed by atoms with Gasteiger partial charge in [0.15, 0.2) is 23.0 Å². The summed E-state index contributed by atoms with van der Waals surface area (Å²) in [6.07, 6.45) is 5.63. The highest BCUT2D eigenvalue weighted by Crippen LogP contribution is 2.31. The molecule has 9 nitrogen and oxygen atoms in total. The second kappa shape index (κ2) is 9.21. The summed E-state index contributed by atoms with van der Waals surface area (Å²) in [7, 11) is 0. The number of pyridine rings is 3. The molecule has 0 aliphatic rings. The highest BCUT2D eigenvalue weighted by molar-refractivity contribution is 5.92. The van der Waals surface area contributed by atoms with Crippen LogP contribution >= 0.6 is 0 Å². The number of hydrogen-bond acceptors (Lipinski definition) is 7. The number of halogens is 2. The van der Waals surface area contributed by atoms with Gasteiger partial charge >= 0.3 is 0 Å². The largest absolute Gasteiger partial charge is 0.452 e. The molecule has 0 saturated heterocycles. The molecule has 6 aromatic rings. The number of H-pyrrole nitrogens is 1. The fraction of sp³-hybridized carbons (Fsp3) is 0. The van der Waals surface area contributed by atoms with E-state index in [4.69, 9.17) is 4.74 Å². The summed E-state index contributed by atoms with van der Waals surface area (Å²) < 4.78 is 35.5. The summed E-state index contributed by atoms with van der Waals surface area (Å²) in [5, 5.41) is 3.91. The van der Waals surface area contributed by atoms with E-state index in [2.05, 4.69) is 25.3 Å². The van der Waals surface area contributed by atoms with Crippen molar-refractivity contribution >= 4 is 33.4 Å². The SMILES string of the molecule is O=c1cnc2c(Oc3ccc(Nc4nccc5ccn(-c6ccc(F)cc6)c(=O)c45)cc3F)ccnc2[nH]1. The molecule has 4 aromatic heterocycles. The first-order valence-electron chi connectivity index (χ1n) is 11.3. The van der Waals surface area contributed by atoms with Gasteiger partial charge in [-0.15, -0.1) is 0 Å². The number of ether oxygens (including phenoxy) is 1. The lowest BCUT2D eigenvalue weighted by Crippen LogP contribution is -2.19. The molecule has 0 saturated carbocycles.